The third-order valence-corrected chi connectivity index (χ3v) is 2.21. The van der Waals surface area contributed by atoms with Crippen LogP contribution in [0.4, 0.5) is 5.95 Å². The van der Waals surface area contributed by atoms with Crippen molar-refractivity contribution in [1.29, 1.82) is 0 Å². The lowest BCUT2D eigenvalue weighted by Gasteiger charge is -2.13. The second-order valence-electron chi connectivity index (χ2n) is 4.65. The Balaban J connectivity index is 2.24. The summed E-state index contributed by atoms with van der Waals surface area (Å²) in [5, 5.41) is 3.28. The minimum Gasteiger partial charge on any atom is -0.379 e. The highest BCUT2D eigenvalue weighted by Gasteiger charge is 2.04. The summed E-state index contributed by atoms with van der Waals surface area (Å²) in [6.45, 7) is 10.9. The number of ether oxygens (including phenoxy) is 1. The van der Waals surface area contributed by atoms with Crippen LogP contribution in [0.1, 0.15) is 33.7 Å². The Bertz CT molecular complexity index is 294. The molecule has 0 unspecified atom stereocenters. The fourth-order valence-electron chi connectivity index (χ4n) is 1.42. The highest BCUT2D eigenvalue weighted by Crippen LogP contribution is 2.11. The number of anilines is 1. The van der Waals surface area contributed by atoms with E-state index >= 15 is 0 Å². The topological polar surface area (TPSA) is 39.1 Å². The third-order valence-electron chi connectivity index (χ3n) is 2.21. The van der Waals surface area contributed by atoms with Gasteiger partial charge in [0.2, 0.25) is 5.95 Å². The molecule has 1 aromatic heterocycles. The molecule has 0 aliphatic carbocycles. The minimum atomic E-state index is 0.432. The lowest BCUT2D eigenvalue weighted by atomic mass is 10.2. The lowest BCUT2D eigenvalue weighted by Crippen LogP contribution is -2.15. The predicted molar refractivity (Wildman–Crippen MR) is 66.8 cm³/mol. The van der Waals surface area contributed by atoms with Gasteiger partial charge in [-0.15, -0.1) is 0 Å². The molecule has 4 heteroatoms. The first-order chi connectivity index (χ1) is 7.61. The van der Waals surface area contributed by atoms with Gasteiger partial charge in [0.05, 0.1) is 6.61 Å². The van der Waals surface area contributed by atoms with Crippen LogP contribution in [0.25, 0.3) is 0 Å². The number of aromatic nitrogens is 2. The van der Waals surface area contributed by atoms with E-state index in [4.69, 9.17) is 4.74 Å². The van der Waals surface area contributed by atoms with Gasteiger partial charge in [0.15, 0.2) is 0 Å². The molecule has 1 aromatic rings. The number of rotatable bonds is 7. The molecule has 1 N–H and O–H groups in total. The molecule has 92 valence electrons. The minimum absolute atomic E-state index is 0.432. The first kappa shape index (κ1) is 13.0. The fraction of sp³-hybridized carbons (Fsp3) is 0.750. The van der Waals surface area contributed by atoms with Gasteiger partial charge in [-0.3, -0.25) is 0 Å². The van der Waals surface area contributed by atoms with Gasteiger partial charge in [-0.25, -0.2) is 4.98 Å². The molecule has 0 spiro atoms. The van der Waals surface area contributed by atoms with Crippen molar-refractivity contribution in [1.82, 2.24) is 9.55 Å². The van der Waals surface area contributed by atoms with Crippen molar-refractivity contribution in [3.8, 4) is 0 Å². The van der Waals surface area contributed by atoms with E-state index in [0.29, 0.717) is 12.0 Å². The number of hydrogen-bond donors (Lipinski definition) is 1. The molecule has 16 heavy (non-hydrogen) atoms. The van der Waals surface area contributed by atoms with Crippen molar-refractivity contribution in [3.63, 3.8) is 0 Å². The Kier molecular flexibility index (Phi) is 5.32. The maximum absolute atomic E-state index is 5.49. The summed E-state index contributed by atoms with van der Waals surface area (Å²) in [6.07, 6.45) is 3.80. The van der Waals surface area contributed by atoms with Crippen molar-refractivity contribution in [3.05, 3.63) is 12.4 Å². The first-order valence-electron chi connectivity index (χ1n) is 5.95. The number of hydrogen-bond acceptors (Lipinski definition) is 3. The van der Waals surface area contributed by atoms with Crippen LogP contribution in [0.5, 0.6) is 0 Å². The van der Waals surface area contributed by atoms with Crippen LogP contribution < -0.4 is 5.32 Å². The van der Waals surface area contributed by atoms with E-state index in [1.165, 1.54) is 0 Å². The summed E-state index contributed by atoms with van der Waals surface area (Å²) in [5.41, 5.74) is 0. The molecule has 0 bridgehead atoms. The van der Waals surface area contributed by atoms with Crippen LogP contribution in [-0.2, 0) is 4.74 Å². The molecular weight excluding hydrogens is 202 g/mol. The Morgan fingerprint density at radius 2 is 2.12 bits per heavy atom. The van der Waals surface area contributed by atoms with Crippen LogP contribution in [0.3, 0.4) is 0 Å². The van der Waals surface area contributed by atoms with Crippen molar-refractivity contribution >= 4 is 5.95 Å². The van der Waals surface area contributed by atoms with E-state index in [0.717, 1.165) is 25.7 Å². The fourth-order valence-corrected chi connectivity index (χ4v) is 1.42. The summed E-state index contributed by atoms with van der Waals surface area (Å²) >= 11 is 0. The summed E-state index contributed by atoms with van der Waals surface area (Å²) in [7, 11) is 0. The zero-order valence-corrected chi connectivity index (χ0v) is 10.7. The van der Waals surface area contributed by atoms with Gasteiger partial charge in [0.1, 0.15) is 0 Å². The number of imidazole rings is 1. The van der Waals surface area contributed by atoms with Gasteiger partial charge in [0.25, 0.3) is 0 Å². The van der Waals surface area contributed by atoms with Gasteiger partial charge < -0.3 is 14.6 Å². The normalized spacial score (nSPS) is 11.4. The molecule has 0 atom stereocenters. The van der Waals surface area contributed by atoms with Crippen LogP contribution in [0.15, 0.2) is 12.4 Å². The van der Waals surface area contributed by atoms with E-state index in [-0.39, 0.29) is 0 Å². The molecule has 0 aromatic carbocycles. The first-order valence-corrected chi connectivity index (χ1v) is 5.95. The maximum atomic E-state index is 5.49. The second-order valence-corrected chi connectivity index (χ2v) is 4.65. The molecule has 0 fully saturated rings. The number of nitrogens with zero attached hydrogens (tertiary/aromatic N) is 2. The Hall–Kier alpha value is -1.03. The van der Waals surface area contributed by atoms with E-state index in [1.807, 2.05) is 12.4 Å². The highest BCUT2D eigenvalue weighted by atomic mass is 16.5. The Morgan fingerprint density at radius 1 is 1.38 bits per heavy atom. The van der Waals surface area contributed by atoms with Crippen molar-refractivity contribution in [2.45, 2.75) is 33.7 Å². The zero-order chi connectivity index (χ0) is 12.0. The maximum Gasteiger partial charge on any atom is 0.203 e. The van der Waals surface area contributed by atoms with E-state index in [2.05, 4.69) is 42.6 Å². The van der Waals surface area contributed by atoms with Gasteiger partial charge in [-0.05, 0) is 19.8 Å². The third kappa shape index (κ3) is 4.23. The molecule has 1 rings (SSSR count). The predicted octanol–water partition coefficient (Wildman–Crippen LogP) is 2.55. The van der Waals surface area contributed by atoms with Crippen LogP contribution >= 0.6 is 0 Å². The van der Waals surface area contributed by atoms with Gasteiger partial charge >= 0.3 is 0 Å². The van der Waals surface area contributed by atoms with E-state index in [1.54, 1.807) is 0 Å². The number of nitrogens with one attached hydrogen (secondary N) is 1. The molecule has 0 radical (unpaired) electrons. The quantitative estimate of drug-likeness (QED) is 0.725. The molecule has 4 nitrogen and oxygen atoms in total. The second kappa shape index (κ2) is 6.53. The lowest BCUT2D eigenvalue weighted by molar-refractivity contribution is 0.118. The van der Waals surface area contributed by atoms with Gasteiger partial charge in [-0.1, -0.05) is 13.8 Å². The van der Waals surface area contributed by atoms with Crippen LogP contribution in [-0.4, -0.2) is 29.3 Å². The Labute approximate surface area is 98.0 Å². The van der Waals surface area contributed by atoms with Crippen molar-refractivity contribution < 1.29 is 4.74 Å². The highest BCUT2D eigenvalue weighted by molar-refractivity contribution is 5.26. The molecule has 0 amide bonds. The molecule has 0 saturated carbocycles. The van der Waals surface area contributed by atoms with E-state index in [9.17, 15) is 0 Å². The summed E-state index contributed by atoms with van der Waals surface area (Å²) in [6, 6.07) is 0.432. The molecule has 0 saturated heterocycles. The monoisotopic (exact) mass is 225 g/mol. The molecule has 0 aliphatic rings. The van der Waals surface area contributed by atoms with E-state index < -0.39 is 0 Å². The molecular formula is C12H23N3O. The molecule has 0 aliphatic heterocycles. The summed E-state index contributed by atoms with van der Waals surface area (Å²) < 4.78 is 7.61. The zero-order valence-electron chi connectivity index (χ0n) is 10.7. The van der Waals surface area contributed by atoms with Crippen LogP contribution in [0.2, 0.25) is 0 Å². The average molecular weight is 225 g/mol. The van der Waals surface area contributed by atoms with Crippen LogP contribution in [0, 0.1) is 5.92 Å². The van der Waals surface area contributed by atoms with Crippen molar-refractivity contribution in [2.75, 3.05) is 25.1 Å². The summed E-state index contributed by atoms with van der Waals surface area (Å²) in [4.78, 5) is 4.27. The van der Waals surface area contributed by atoms with Crippen molar-refractivity contribution in [2.24, 2.45) is 5.92 Å². The van der Waals surface area contributed by atoms with Gasteiger partial charge in [-0.2, -0.15) is 0 Å². The smallest absolute Gasteiger partial charge is 0.203 e. The average Bonchev–Trinajstić information content (AvgIpc) is 2.65. The molecule has 1 heterocycles. The SMILES string of the molecule is CC(C)COCCNc1nccn1C(C)C. The van der Waals surface area contributed by atoms with Gasteiger partial charge in [0, 0.05) is 31.6 Å². The largest absolute Gasteiger partial charge is 0.379 e. The summed E-state index contributed by atoms with van der Waals surface area (Å²) in [5.74, 6) is 1.51. The Morgan fingerprint density at radius 3 is 2.75 bits per heavy atom. The standard InChI is InChI=1S/C12H23N3O/c1-10(2)9-16-8-6-14-12-13-5-7-15(12)11(3)4/h5,7,10-11H,6,8-9H2,1-4H3,(H,13,14).